The molecule has 10 heteroatoms. The molecule has 0 amide bonds. The zero-order valence-electron chi connectivity index (χ0n) is 10.6. The van der Waals surface area contributed by atoms with Gasteiger partial charge in [0.1, 0.15) is 6.20 Å². The molecule has 2 aromatic rings. The number of nitrogens with two attached hydrogens (primary N) is 1. The maximum atomic E-state index is 10.9. The van der Waals surface area contributed by atoms with Gasteiger partial charge in [0.25, 0.3) is 5.88 Å². The van der Waals surface area contributed by atoms with Crippen LogP contribution >= 0.6 is 11.3 Å². The van der Waals surface area contributed by atoms with E-state index >= 15 is 0 Å². The molecule has 106 valence electrons. The van der Waals surface area contributed by atoms with E-state index < -0.39 is 4.92 Å². The van der Waals surface area contributed by atoms with Crippen LogP contribution in [0.2, 0.25) is 0 Å². The van der Waals surface area contributed by atoms with Gasteiger partial charge in [0.2, 0.25) is 5.95 Å². The van der Waals surface area contributed by atoms with Gasteiger partial charge in [-0.2, -0.15) is 4.98 Å². The minimum atomic E-state index is -0.604. The van der Waals surface area contributed by atoms with E-state index in [0.717, 1.165) is 16.8 Å². The monoisotopic (exact) mass is 296 g/mol. The molecule has 0 radical (unpaired) electrons. The van der Waals surface area contributed by atoms with Gasteiger partial charge in [-0.1, -0.05) is 0 Å². The Kier molecular flexibility index (Phi) is 4.38. The van der Waals surface area contributed by atoms with Crippen LogP contribution in [0.1, 0.15) is 10.6 Å². The van der Waals surface area contributed by atoms with Crippen LogP contribution in [-0.4, -0.2) is 26.5 Å². The number of aromatic nitrogens is 3. The van der Waals surface area contributed by atoms with Crippen LogP contribution in [0.25, 0.3) is 0 Å². The van der Waals surface area contributed by atoms with Gasteiger partial charge >= 0.3 is 5.69 Å². The van der Waals surface area contributed by atoms with Gasteiger partial charge in [0.05, 0.1) is 22.7 Å². The number of nitrogens with zero attached hydrogens (tertiary/aromatic N) is 4. The van der Waals surface area contributed by atoms with E-state index in [0.29, 0.717) is 6.42 Å². The standard InChI is InChI=1S/C10H12N6O3S/c1-6-8(20-5-13-6)2-3-19-9-7(16(17)18)4-12-10(14-9)15-11/h4-5H,2-3,11H2,1H3,(H,12,14,15). The lowest BCUT2D eigenvalue weighted by atomic mass is 10.3. The lowest BCUT2D eigenvalue weighted by Gasteiger charge is -2.06. The van der Waals surface area contributed by atoms with Crippen LogP contribution in [0.3, 0.4) is 0 Å². The summed E-state index contributed by atoms with van der Waals surface area (Å²) >= 11 is 1.51. The maximum absolute atomic E-state index is 10.9. The van der Waals surface area contributed by atoms with Crippen LogP contribution in [-0.2, 0) is 6.42 Å². The zero-order valence-corrected chi connectivity index (χ0v) is 11.4. The molecule has 2 aromatic heterocycles. The maximum Gasteiger partial charge on any atom is 0.349 e. The number of ether oxygens (including phenoxy) is 1. The molecule has 2 heterocycles. The normalized spacial score (nSPS) is 10.3. The van der Waals surface area contributed by atoms with Crippen LogP contribution in [0.5, 0.6) is 5.88 Å². The lowest BCUT2D eigenvalue weighted by Crippen LogP contribution is -2.12. The first kappa shape index (κ1) is 14.1. The van der Waals surface area contributed by atoms with E-state index in [-0.39, 0.29) is 24.1 Å². The smallest absolute Gasteiger partial charge is 0.349 e. The lowest BCUT2D eigenvalue weighted by molar-refractivity contribution is -0.386. The van der Waals surface area contributed by atoms with Crippen molar-refractivity contribution < 1.29 is 9.66 Å². The zero-order chi connectivity index (χ0) is 14.5. The third-order valence-electron chi connectivity index (χ3n) is 2.47. The number of rotatable bonds is 6. The number of aryl methyl sites for hydroxylation is 1. The van der Waals surface area contributed by atoms with Gasteiger partial charge in [-0.15, -0.1) is 11.3 Å². The minimum Gasteiger partial charge on any atom is -0.472 e. The van der Waals surface area contributed by atoms with Gasteiger partial charge in [0.15, 0.2) is 0 Å². The van der Waals surface area contributed by atoms with Crippen molar-refractivity contribution in [2.45, 2.75) is 13.3 Å². The van der Waals surface area contributed by atoms with Gasteiger partial charge in [-0.05, 0) is 6.92 Å². The Labute approximate surface area is 118 Å². The number of hydrogen-bond acceptors (Lipinski definition) is 9. The number of nitro groups is 1. The average Bonchev–Trinajstić information content (AvgIpc) is 2.84. The Morgan fingerprint density at radius 1 is 1.55 bits per heavy atom. The van der Waals surface area contributed by atoms with Gasteiger partial charge in [-0.3, -0.25) is 15.5 Å². The van der Waals surface area contributed by atoms with Gasteiger partial charge in [0, 0.05) is 11.3 Å². The summed E-state index contributed by atoms with van der Waals surface area (Å²) in [5, 5.41) is 10.9. The molecule has 0 saturated heterocycles. The Morgan fingerprint density at radius 3 is 2.95 bits per heavy atom. The summed E-state index contributed by atoms with van der Waals surface area (Å²) in [5.41, 5.74) is 4.59. The Hall–Kier alpha value is -2.33. The second kappa shape index (κ2) is 6.21. The van der Waals surface area contributed by atoms with E-state index in [9.17, 15) is 10.1 Å². The van der Waals surface area contributed by atoms with Crippen molar-refractivity contribution in [3.63, 3.8) is 0 Å². The van der Waals surface area contributed by atoms with E-state index in [1.807, 2.05) is 6.92 Å². The first-order valence-electron chi connectivity index (χ1n) is 5.61. The third-order valence-corrected chi connectivity index (χ3v) is 3.47. The topological polar surface area (TPSA) is 129 Å². The SMILES string of the molecule is Cc1ncsc1CCOc1nc(NN)ncc1[N+](=O)[O-]. The van der Waals surface area contributed by atoms with Crippen molar-refractivity contribution in [2.75, 3.05) is 12.0 Å². The molecule has 0 aliphatic carbocycles. The van der Waals surface area contributed by atoms with Crippen molar-refractivity contribution in [1.29, 1.82) is 0 Å². The van der Waals surface area contributed by atoms with E-state index in [1.165, 1.54) is 11.3 Å². The summed E-state index contributed by atoms with van der Waals surface area (Å²) in [7, 11) is 0. The molecule has 2 rings (SSSR count). The molecule has 0 aliphatic rings. The van der Waals surface area contributed by atoms with Crippen LogP contribution < -0.4 is 16.0 Å². The molecule has 0 bridgehead atoms. The first-order valence-corrected chi connectivity index (χ1v) is 6.49. The quantitative estimate of drug-likeness (QED) is 0.460. The molecule has 0 aromatic carbocycles. The van der Waals surface area contributed by atoms with Crippen molar-refractivity contribution in [2.24, 2.45) is 5.84 Å². The van der Waals surface area contributed by atoms with Crippen LogP contribution in [0.15, 0.2) is 11.7 Å². The van der Waals surface area contributed by atoms with E-state index in [1.54, 1.807) is 5.51 Å². The number of thiazole rings is 1. The molecular weight excluding hydrogens is 284 g/mol. The van der Waals surface area contributed by atoms with Gasteiger partial charge in [-0.25, -0.2) is 15.8 Å². The molecule has 9 nitrogen and oxygen atoms in total. The van der Waals surface area contributed by atoms with Crippen LogP contribution in [0, 0.1) is 17.0 Å². The molecule has 0 aliphatic heterocycles. The van der Waals surface area contributed by atoms with Crippen molar-refractivity contribution in [3.8, 4) is 5.88 Å². The first-order chi connectivity index (χ1) is 9.61. The fourth-order valence-corrected chi connectivity index (χ4v) is 2.23. The highest BCUT2D eigenvalue weighted by Gasteiger charge is 2.18. The summed E-state index contributed by atoms with van der Waals surface area (Å²) in [5.74, 6) is 5.11. The molecule has 20 heavy (non-hydrogen) atoms. The summed E-state index contributed by atoms with van der Waals surface area (Å²) in [4.78, 5) is 22.9. The van der Waals surface area contributed by atoms with Gasteiger partial charge < -0.3 is 4.74 Å². The Morgan fingerprint density at radius 2 is 2.35 bits per heavy atom. The third kappa shape index (κ3) is 3.16. The average molecular weight is 296 g/mol. The molecule has 3 N–H and O–H groups in total. The van der Waals surface area contributed by atoms with Crippen molar-refractivity contribution >= 4 is 23.0 Å². The Bertz CT molecular complexity index is 617. The molecule has 0 spiro atoms. The summed E-state index contributed by atoms with van der Waals surface area (Å²) in [6, 6.07) is 0. The number of nitrogens with one attached hydrogen (secondary N) is 1. The van der Waals surface area contributed by atoms with E-state index in [2.05, 4.69) is 20.4 Å². The second-order valence-corrected chi connectivity index (χ2v) is 4.68. The van der Waals surface area contributed by atoms with Crippen molar-refractivity contribution in [3.05, 3.63) is 32.4 Å². The number of anilines is 1. The number of hydrogen-bond donors (Lipinski definition) is 2. The minimum absolute atomic E-state index is 0.0552. The summed E-state index contributed by atoms with van der Waals surface area (Å²) in [6.45, 7) is 2.15. The largest absolute Gasteiger partial charge is 0.472 e. The fourth-order valence-electron chi connectivity index (χ4n) is 1.47. The van der Waals surface area contributed by atoms with E-state index in [4.69, 9.17) is 10.6 Å². The molecule has 0 fully saturated rings. The molecule has 0 unspecified atom stereocenters. The highest BCUT2D eigenvalue weighted by molar-refractivity contribution is 7.09. The molecule has 0 saturated carbocycles. The Balaban J connectivity index is 2.07. The number of nitrogen functional groups attached to an aromatic ring is 1. The predicted molar refractivity (Wildman–Crippen MR) is 72.5 cm³/mol. The predicted octanol–water partition coefficient (Wildman–Crippen LogP) is 1.06. The second-order valence-electron chi connectivity index (χ2n) is 3.74. The molecule has 0 atom stereocenters. The summed E-state index contributed by atoms with van der Waals surface area (Å²) in [6.07, 6.45) is 1.65. The fraction of sp³-hybridized carbons (Fsp3) is 0.300. The molecular formula is C10H12N6O3S. The highest BCUT2D eigenvalue weighted by atomic mass is 32.1. The van der Waals surface area contributed by atoms with Crippen LogP contribution in [0.4, 0.5) is 11.6 Å². The van der Waals surface area contributed by atoms with Crippen molar-refractivity contribution in [1.82, 2.24) is 15.0 Å². The number of hydrazine groups is 1. The summed E-state index contributed by atoms with van der Waals surface area (Å²) < 4.78 is 5.36. The highest BCUT2D eigenvalue weighted by Crippen LogP contribution is 2.24.